The third kappa shape index (κ3) is 3.27. The molecule has 0 spiro atoms. The van der Waals surface area contributed by atoms with Gasteiger partial charge in [-0.3, -0.25) is 4.79 Å². The molecule has 8 heteroatoms. The van der Waals surface area contributed by atoms with E-state index in [-0.39, 0.29) is 28.4 Å². The lowest BCUT2D eigenvalue weighted by Gasteiger charge is -2.56. The highest BCUT2D eigenvalue weighted by Crippen LogP contribution is 2.49. The summed E-state index contributed by atoms with van der Waals surface area (Å²) in [7, 11) is -1.57. The summed E-state index contributed by atoms with van der Waals surface area (Å²) in [5.74, 6) is 0.541. The molecular weight excluding hydrogens is 380 g/mol. The third-order valence-electron chi connectivity index (χ3n) is 6.73. The number of piperidine rings is 2. The summed E-state index contributed by atoms with van der Waals surface area (Å²) in [6, 6.07) is 5.91. The van der Waals surface area contributed by atoms with Crippen molar-refractivity contribution in [1.82, 2.24) is 10.2 Å². The van der Waals surface area contributed by atoms with Gasteiger partial charge in [0.2, 0.25) is 5.91 Å². The highest BCUT2D eigenvalue weighted by molar-refractivity contribution is 7.91. The Morgan fingerprint density at radius 1 is 1.21 bits per heavy atom. The number of fused-ring (bicyclic) bond motifs is 3. The number of benzene rings is 1. The zero-order valence-corrected chi connectivity index (χ0v) is 16.7. The summed E-state index contributed by atoms with van der Waals surface area (Å²) >= 11 is 0. The Morgan fingerprint density at radius 3 is 2.36 bits per heavy atom. The maximum Gasteiger partial charge on any atom is 0.405 e. The summed E-state index contributed by atoms with van der Waals surface area (Å²) in [6.45, 7) is 0. The summed E-state index contributed by atoms with van der Waals surface area (Å²) in [5, 5.41) is 12.0. The Labute approximate surface area is 165 Å². The molecule has 4 aliphatic rings. The second kappa shape index (κ2) is 6.76. The third-order valence-corrected chi connectivity index (χ3v) is 8.63. The fourth-order valence-corrected chi connectivity index (χ4v) is 6.58. The van der Waals surface area contributed by atoms with Gasteiger partial charge in [-0.2, -0.15) is 0 Å². The van der Waals surface area contributed by atoms with E-state index in [9.17, 15) is 23.1 Å². The van der Waals surface area contributed by atoms with Crippen LogP contribution in [0.15, 0.2) is 29.2 Å². The number of nitrogens with one attached hydrogen (secondary N) is 1. The standard InChI is InChI=1S/C20H26N2O5S/c1-22-18(23)15-8-10-20(22,11-9-15)17(21-19(24)25)14-4-6-16(7-5-14)28(26,27)12-13-2-3-13/h4-7,13,15,17,21H,2-3,8-12H2,1H3,(H,24,25). The molecule has 0 aromatic heterocycles. The Morgan fingerprint density at radius 2 is 1.82 bits per heavy atom. The quantitative estimate of drug-likeness (QED) is 0.756. The van der Waals surface area contributed by atoms with Crippen LogP contribution in [0, 0.1) is 11.8 Å². The highest BCUT2D eigenvalue weighted by Gasteiger charge is 2.54. The lowest BCUT2D eigenvalue weighted by molar-refractivity contribution is -0.156. The van der Waals surface area contributed by atoms with Crippen molar-refractivity contribution in [2.75, 3.05) is 12.8 Å². The lowest BCUT2D eigenvalue weighted by Crippen LogP contribution is -2.65. The van der Waals surface area contributed by atoms with E-state index >= 15 is 0 Å². The number of hydrogen-bond donors (Lipinski definition) is 2. The molecule has 0 radical (unpaired) electrons. The van der Waals surface area contributed by atoms with Crippen LogP contribution in [0.5, 0.6) is 0 Å². The molecule has 2 amide bonds. The van der Waals surface area contributed by atoms with Gasteiger partial charge in [0.1, 0.15) is 0 Å². The summed E-state index contributed by atoms with van der Waals surface area (Å²) in [4.78, 5) is 26.1. The van der Waals surface area contributed by atoms with Crippen LogP contribution in [0.4, 0.5) is 4.79 Å². The SMILES string of the molecule is CN1C(=O)C2CCC1(C(NC(=O)O)c1ccc(S(=O)(=O)CC3CC3)cc1)CC2. The van der Waals surface area contributed by atoms with Gasteiger partial charge in [0, 0.05) is 13.0 Å². The van der Waals surface area contributed by atoms with Gasteiger partial charge in [-0.15, -0.1) is 0 Å². The maximum atomic E-state index is 12.6. The molecule has 1 unspecified atom stereocenters. The van der Waals surface area contributed by atoms with Crippen molar-refractivity contribution in [1.29, 1.82) is 0 Å². The normalized spacial score (nSPS) is 28.2. The largest absolute Gasteiger partial charge is 0.465 e. The number of nitrogens with zero attached hydrogens (tertiary/aromatic N) is 1. The molecule has 5 rings (SSSR count). The van der Waals surface area contributed by atoms with Crippen molar-refractivity contribution in [2.24, 2.45) is 11.8 Å². The van der Waals surface area contributed by atoms with E-state index in [0.717, 1.165) is 38.5 Å². The van der Waals surface area contributed by atoms with E-state index in [0.29, 0.717) is 5.56 Å². The monoisotopic (exact) mass is 406 g/mol. The fourth-order valence-electron chi connectivity index (χ4n) is 4.89. The molecule has 152 valence electrons. The minimum Gasteiger partial charge on any atom is -0.465 e. The molecule has 1 atom stereocenters. The second-order valence-corrected chi connectivity index (χ2v) is 10.5. The number of likely N-dealkylation sites (N-methyl/N-ethyl adjacent to an activating group) is 1. The molecule has 1 aromatic carbocycles. The van der Waals surface area contributed by atoms with Crippen LogP contribution in [0.3, 0.4) is 0 Å². The van der Waals surface area contributed by atoms with Gasteiger partial charge in [-0.05, 0) is 62.1 Å². The molecule has 1 aromatic rings. The van der Waals surface area contributed by atoms with Crippen LogP contribution in [-0.2, 0) is 14.6 Å². The van der Waals surface area contributed by atoms with Gasteiger partial charge in [-0.25, -0.2) is 13.2 Å². The van der Waals surface area contributed by atoms with Crippen LogP contribution in [0.1, 0.15) is 50.1 Å². The molecule has 7 nitrogen and oxygen atoms in total. The molecule has 2 N–H and O–H groups in total. The van der Waals surface area contributed by atoms with E-state index < -0.39 is 27.5 Å². The van der Waals surface area contributed by atoms with Crippen LogP contribution in [-0.4, -0.2) is 48.8 Å². The van der Waals surface area contributed by atoms with Gasteiger partial charge in [0.15, 0.2) is 9.84 Å². The summed E-state index contributed by atoms with van der Waals surface area (Å²) in [5.41, 5.74) is 0.0753. The zero-order chi connectivity index (χ0) is 20.1. The Balaban J connectivity index is 1.66. The van der Waals surface area contributed by atoms with Crippen LogP contribution >= 0.6 is 0 Å². The van der Waals surface area contributed by atoms with E-state index in [4.69, 9.17) is 0 Å². The predicted molar refractivity (Wildman–Crippen MR) is 103 cm³/mol. The first-order valence-electron chi connectivity index (χ1n) is 9.83. The van der Waals surface area contributed by atoms with Gasteiger partial charge < -0.3 is 15.3 Å². The Kier molecular flexibility index (Phi) is 4.64. The first-order chi connectivity index (χ1) is 13.2. The van der Waals surface area contributed by atoms with Crippen molar-refractivity contribution in [3.8, 4) is 0 Å². The van der Waals surface area contributed by atoms with Crippen molar-refractivity contribution < 1.29 is 23.1 Å². The van der Waals surface area contributed by atoms with Crippen molar-refractivity contribution in [3.63, 3.8) is 0 Å². The number of sulfone groups is 1. The smallest absolute Gasteiger partial charge is 0.405 e. The average Bonchev–Trinajstić information content (AvgIpc) is 3.47. The van der Waals surface area contributed by atoms with Gasteiger partial charge in [0.05, 0.1) is 22.2 Å². The Hall–Kier alpha value is -2.09. The molecule has 2 heterocycles. The van der Waals surface area contributed by atoms with Gasteiger partial charge in [0.25, 0.3) is 0 Å². The first kappa shape index (κ1) is 19.2. The van der Waals surface area contributed by atoms with Crippen LogP contribution in [0.25, 0.3) is 0 Å². The van der Waals surface area contributed by atoms with E-state index in [1.54, 1.807) is 36.2 Å². The molecular formula is C20H26N2O5S. The van der Waals surface area contributed by atoms with Crippen LogP contribution in [0.2, 0.25) is 0 Å². The maximum absolute atomic E-state index is 12.6. The van der Waals surface area contributed by atoms with E-state index in [2.05, 4.69) is 5.32 Å². The number of rotatable bonds is 6. The summed E-state index contributed by atoms with van der Waals surface area (Å²) in [6.07, 6.45) is 3.75. The zero-order valence-electron chi connectivity index (χ0n) is 15.9. The van der Waals surface area contributed by atoms with E-state index in [1.165, 1.54) is 0 Å². The highest BCUT2D eigenvalue weighted by atomic mass is 32.2. The number of amides is 2. The first-order valence-corrected chi connectivity index (χ1v) is 11.5. The number of carbonyl (C=O) groups is 2. The van der Waals surface area contributed by atoms with Gasteiger partial charge in [-0.1, -0.05) is 12.1 Å². The molecule has 4 fully saturated rings. The molecule has 2 saturated heterocycles. The average molecular weight is 407 g/mol. The molecule has 2 bridgehead atoms. The number of carbonyl (C=O) groups excluding carboxylic acids is 1. The minimum atomic E-state index is -3.32. The van der Waals surface area contributed by atoms with Gasteiger partial charge >= 0.3 is 6.09 Å². The number of hydrogen-bond acceptors (Lipinski definition) is 4. The lowest BCUT2D eigenvalue weighted by atomic mass is 9.65. The van der Waals surface area contributed by atoms with Crippen molar-refractivity contribution >= 4 is 21.8 Å². The van der Waals surface area contributed by atoms with E-state index in [1.807, 2.05) is 0 Å². The molecule has 2 aliphatic carbocycles. The molecule has 2 saturated carbocycles. The van der Waals surface area contributed by atoms with Crippen molar-refractivity contribution in [2.45, 2.75) is 55.0 Å². The van der Waals surface area contributed by atoms with Crippen molar-refractivity contribution in [3.05, 3.63) is 29.8 Å². The Bertz CT molecular complexity index is 884. The summed E-state index contributed by atoms with van der Waals surface area (Å²) < 4.78 is 25.0. The fraction of sp³-hybridized carbons (Fsp3) is 0.600. The number of carboxylic acid groups (broad SMARTS) is 1. The second-order valence-electron chi connectivity index (χ2n) is 8.45. The minimum absolute atomic E-state index is 0.0345. The molecule has 28 heavy (non-hydrogen) atoms. The molecule has 2 aliphatic heterocycles. The topological polar surface area (TPSA) is 104 Å². The van der Waals surface area contributed by atoms with Crippen LogP contribution < -0.4 is 5.32 Å². The predicted octanol–water partition coefficient (Wildman–Crippen LogP) is 2.58.